The van der Waals surface area contributed by atoms with E-state index in [1.807, 2.05) is 19.2 Å². The number of hydrogen-bond donors (Lipinski definition) is 2. The first-order chi connectivity index (χ1) is 9.49. The van der Waals surface area contributed by atoms with Gasteiger partial charge in [0.15, 0.2) is 6.04 Å². The number of carbonyl (C=O) groups excluding carboxylic acids is 1. The molecule has 0 aromatic carbocycles. The Hall–Kier alpha value is -1.56. The normalized spacial score (nSPS) is 15.9. The maximum Gasteiger partial charge on any atom is 0.331 e. The largest absolute Gasteiger partial charge is 0.479 e. The van der Waals surface area contributed by atoms with Gasteiger partial charge in [0.25, 0.3) is 0 Å². The van der Waals surface area contributed by atoms with E-state index >= 15 is 0 Å². The van der Waals surface area contributed by atoms with Crippen molar-refractivity contribution in [1.82, 2.24) is 10.2 Å². The second kappa shape index (κ2) is 6.26. The van der Waals surface area contributed by atoms with Crippen molar-refractivity contribution in [3.63, 3.8) is 0 Å². The molecule has 1 aliphatic rings. The van der Waals surface area contributed by atoms with Gasteiger partial charge in [-0.1, -0.05) is 6.07 Å². The summed E-state index contributed by atoms with van der Waals surface area (Å²) in [4.78, 5) is 26.0. The average Bonchev–Trinajstić information content (AvgIpc) is 3.04. The van der Waals surface area contributed by atoms with E-state index in [1.54, 1.807) is 17.0 Å². The molecule has 1 aromatic rings. The van der Waals surface area contributed by atoms with Gasteiger partial charge in [0.05, 0.1) is 0 Å². The molecule has 2 amide bonds. The minimum atomic E-state index is -1.03. The third-order valence-electron chi connectivity index (χ3n) is 3.38. The van der Waals surface area contributed by atoms with Gasteiger partial charge in [-0.05, 0) is 44.1 Å². The average molecular weight is 296 g/mol. The highest BCUT2D eigenvalue weighted by Crippen LogP contribution is 2.30. The molecule has 0 spiro atoms. The Labute approximate surface area is 122 Å². The Balaban J connectivity index is 2.04. The summed E-state index contributed by atoms with van der Waals surface area (Å²) in [5.74, 6) is -0.455. The highest BCUT2D eigenvalue weighted by atomic mass is 32.1. The van der Waals surface area contributed by atoms with E-state index in [9.17, 15) is 14.7 Å². The van der Waals surface area contributed by atoms with Crippen LogP contribution in [0.25, 0.3) is 0 Å². The number of carboxylic acid groups (broad SMARTS) is 1. The number of amides is 2. The quantitative estimate of drug-likeness (QED) is 0.848. The van der Waals surface area contributed by atoms with Crippen molar-refractivity contribution in [1.29, 1.82) is 0 Å². The van der Waals surface area contributed by atoms with Crippen molar-refractivity contribution < 1.29 is 14.7 Å². The highest BCUT2D eigenvalue weighted by molar-refractivity contribution is 7.10. The monoisotopic (exact) mass is 296 g/mol. The number of thiophene rings is 1. The predicted octanol–water partition coefficient (Wildman–Crippen LogP) is 2.70. The van der Waals surface area contributed by atoms with Crippen LogP contribution in [0.4, 0.5) is 4.79 Å². The lowest BCUT2D eigenvalue weighted by molar-refractivity contribution is -0.139. The molecule has 1 unspecified atom stereocenters. The summed E-state index contributed by atoms with van der Waals surface area (Å²) in [5.41, 5.74) is 0. The summed E-state index contributed by atoms with van der Waals surface area (Å²) in [7, 11) is 0. The molecule has 20 heavy (non-hydrogen) atoms. The van der Waals surface area contributed by atoms with Crippen molar-refractivity contribution in [3.8, 4) is 0 Å². The molecule has 5 nitrogen and oxygen atoms in total. The van der Waals surface area contributed by atoms with Crippen LogP contribution in [0, 0.1) is 5.92 Å². The molecule has 1 heterocycles. The SMILES string of the molecule is CC(C)N(CC1CC1)C(=O)NC(C(=O)O)c1cccs1. The van der Waals surface area contributed by atoms with E-state index in [0.29, 0.717) is 17.3 Å². The summed E-state index contributed by atoms with van der Waals surface area (Å²) < 4.78 is 0. The maximum absolute atomic E-state index is 12.3. The third-order valence-corrected chi connectivity index (χ3v) is 4.32. The Morgan fingerprint density at radius 2 is 2.20 bits per heavy atom. The predicted molar refractivity (Wildman–Crippen MR) is 77.8 cm³/mol. The summed E-state index contributed by atoms with van der Waals surface area (Å²) in [6.45, 7) is 4.60. The van der Waals surface area contributed by atoms with Crippen LogP contribution in [0.15, 0.2) is 17.5 Å². The third kappa shape index (κ3) is 3.72. The smallest absolute Gasteiger partial charge is 0.331 e. The first kappa shape index (κ1) is 14.8. The van der Waals surface area contributed by atoms with Crippen LogP contribution < -0.4 is 5.32 Å². The highest BCUT2D eigenvalue weighted by Gasteiger charge is 2.31. The Morgan fingerprint density at radius 1 is 1.50 bits per heavy atom. The molecule has 0 saturated heterocycles. The van der Waals surface area contributed by atoms with Gasteiger partial charge in [0.1, 0.15) is 0 Å². The fourth-order valence-corrected chi connectivity index (χ4v) is 2.79. The molecule has 0 bridgehead atoms. The molecule has 0 radical (unpaired) electrons. The van der Waals surface area contributed by atoms with Crippen molar-refractivity contribution >= 4 is 23.3 Å². The Bertz CT molecular complexity index is 469. The van der Waals surface area contributed by atoms with Crippen molar-refractivity contribution in [3.05, 3.63) is 22.4 Å². The molecule has 2 N–H and O–H groups in total. The summed E-state index contributed by atoms with van der Waals surface area (Å²) in [5, 5.41) is 13.7. The van der Waals surface area contributed by atoms with Crippen LogP contribution in [0.2, 0.25) is 0 Å². The molecule has 1 fully saturated rings. The summed E-state index contributed by atoms with van der Waals surface area (Å²) in [6.07, 6.45) is 2.31. The van der Waals surface area contributed by atoms with Crippen LogP contribution in [-0.2, 0) is 4.79 Å². The molecule has 1 saturated carbocycles. The fourth-order valence-electron chi connectivity index (χ4n) is 2.02. The zero-order valence-corrected chi connectivity index (χ0v) is 12.5. The van der Waals surface area contributed by atoms with Crippen LogP contribution in [0.1, 0.15) is 37.6 Å². The lowest BCUT2D eigenvalue weighted by Gasteiger charge is -2.28. The van der Waals surface area contributed by atoms with Crippen LogP contribution in [0.5, 0.6) is 0 Å². The second-order valence-corrected chi connectivity index (χ2v) is 6.40. The van der Waals surface area contributed by atoms with E-state index in [4.69, 9.17) is 0 Å². The van der Waals surface area contributed by atoms with E-state index in [1.165, 1.54) is 11.3 Å². The number of hydrogen-bond acceptors (Lipinski definition) is 3. The lowest BCUT2D eigenvalue weighted by Crippen LogP contribution is -2.47. The minimum absolute atomic E-state index is 0.0633. The zero-order chi connectivity index (χ0) is 14.7. The molecular formula is C14H20N2O3S. The number of carboxylic acids is 1. The number of carbonyl (C=O) groups is 2. The van der Waals surface area contributed by atoms with Gasteiger partial charge in [-0.15, -0.1) is 11.3 Å². The number of aliphatic carboxylic acids is 1. The lowest BCUT2D eigenvalue weighted by atomic mass is 10.2. The molecular weight excluding hydrogens is 276 g/mol. The minimum Gasteiger partial charge on any atom is -0.479 e. The van der Waals surface area contributed by atoms with E-state index in [-0.39, 0.29) is 12.1 Å². The van der Waals surface area contributed by atoms with Gasteiger partial charge in [-0.25, -0.2) is 9.59 Å². The van der Waals surface area contributed by atoms with Crippen LogP contribution >= 0.6 is 11.3 Å². The van der Waals surface area contributed by atoms with E-state index < -0.39 is 12.0 Å². The molecule has 2 rings (SSSR count). The van der Waals surface area contributed by atoms with Crippen LogP contribution in [-0.4, -0.2) is 34.6 Å². The Kier molecular flexibility index (Phi) is 4.65. The van der Waals surface area contributed by atoms with Gasteiger partial charge >= 0.3 is 12.0 Å². The van der Waals surface area contributed by atoms with Crippen molar-refractivity contribution in [2.24, 2.45) is 5.92 Å². The fraction of sp³-hybridized carbons (Fsp3) is 0.571. The topological polar surface area (TPSA) is 69.6 Å². The summed E-state index contributed by atoms with van der Waals surface area (Å²) in [6, 6.07) is 2.31. The Morgan fingerprint density at radius 3 is 2.65 bits per heavy atom. The number of urea groups is 1. The van der Waals surface area contributed by atoms with Gasteiger partial charge < -0.3 is 15.3 Å². The van der Waals surface area contributed by atoms with Crippen molar-refractivity contribution in [2.75, 3.05) is 6.54 Å². The van der Waals surface area contributed by atoms with Gasteiger partial charge in [-0.2, -0.15) is 0 Å². The van der Waals surface area contributed by atoms with Gasteiger partial charge in [0.2, 0.25) is 0 Å². The molecule has 110 valence electrons. The zero-order valence-electron chi connectivity index (χ0n) is 11.7. The molecule has 6 heteroatoms. The standard InChI is InChI=1S/C14H20N2O3S/c1-9(2)16(8-10-5-6-10)14(19)15-12(13(17)18)11-4-3-7-20-11/h3-4,7,9-10,12H,5-6,8H2,1-2H3,(H,15,19)(H,17,18). The number of nitrogens with one attached hydrogen (secondary N) is 1. The number of nitrogens with zero attached hydrogens (tertiary/aromatic N) is 1. The first-order valence-electron chi connectivity index (χ1n) is 6.82. The molecule has 1 atom stereocenters. The van der Waals surface area contributed by atoms with Gasteiger partial charge in [-0.3, -0.25) is 0 Å². The first-order valence-corrected chi connectivity index (χ1v) is 7.70. The molecule has 1 aromatic heterocycles. The maximum atomic E-state index is 12.3. The van der Waals surface area contributed by atoms with Crippen LogP contribution in [0.3, 0.4) is 0 Å². The second-order valence-electron chi connectivity index (χ2n) is 5.43. The molecule has 0 aliphatic heterocycles. The summed E-state index contributed by atoms with van der Waals surface area (Å²) >= 11 is 1.33. The van der Waals surface area contributed by atoms with Gasteiger partial charge in [0, 0.05) is 17.5 Å². The van der Waals surface area contributed by atoms with E-state index in [0.717, 1.165) is 12.8 Å². The van der Waals surface area contributed by atoms with Crippen molar-refractivity contribution in [2.45, 2.75) is 38.8 Å². The van der Waals surface area contributed by atoms with E-state index in [2.05, 4.69) is 5.32 Å². The number of rotatable bonds is 6. The molecule has 1 aliphatic carbocycles.